The first-order chi connectivity index (χ1) is 13.9. The molecule has 1 amide bonds. The Hall–Kier alpha value is -2.22. The van der Waals surface area contributed by atoms with Crippen molar-refractivity contribution in [2.45, 2.75) is 37.1 Å². The lowest BCUT2D eigenvalue weighted by molar-refractivity contribution is -0.121. The fourth-order valence-electron chi connectivity index (χ4n) is 4.13. The lowest BCUT2D eigenvalue weighted by atomic mass is 10.1. The fourth-order valence-corrected chi connectivity index (χ4v) is 5.58. The molecule has 0 aromatic heterocycles. The average Bonchev–Trinajstić information content (AvgIpc) is 3.22. The van der Waals surface area contributed by atoms with E-state index in [2.05, 4.69) is 17.4 Å². The molecule has 0 bridgehead atoms. The second-order valence-electron chi connectivity index (χ2n) is 7.76. The molecule has 1 saturated heterocycles. The Morgan fingerprint density at radius 2 is 1.66 bits per heavy atom. The highest BCUT2D eigenvalue weighted by atomic mass is 32.2. The molecule has 2 aromatic rings. The molecule has 29 heavy (non-hydrogen) atoms. The van der Waals surface area contributed by atoms with Gasteiger partial charge in [-0.1, -0.05) is 24.3 Å². The summed E-state index contributed by atoms with van der Waals surface area (Å²) in [5.74, 6) is -0.0534. The van der Waals surface area contributed by atoms with Gasteiger partial charge in [0.25, 0.3) is 0 Å². The van der Waals surface area contributed by atoms with Crippen molar-refractivity contribution in [1.82, 2.24) is 9.21 Å². The minimum Gasteiger partial charge on any atom is -0.325 e. The van der Waals surface area contributed by atoms with E-state index in [1.54, 1.807) is 30.3 Å². The predicted octanol–water partition coefficient (Wildman–Crippen LogP) is 2.51. The second-order valence-corrected chi connectivity index (χ2v) is 9.69. The Kier molecular flexibility index (Phi) is 5.72. The maximum atomic E-state index is 12.8. The number of piperazine rings is 1. The summed E-state index contributed by atoms with van der Waals surface area (Å²) in [5.41, 5.74) is 3.55. The standard InChI is InChI=1S/C22H27N3O3S/c1-17(22(26)23-20-11-10-18-6-5-7-19(18)16-20)24-12-14-25(15-13-24)29(27,28)21-8-3-2-4-9-21/h2-4,8-11,16-17H,5-7,12-15H2,1H3,(H,23,26)/t17-/m0/s1. The summed E-state index contributed by atoms with van der Waals surface area (Å²) in [6.07, 6.45) is 3.38. The SMILES string of the molecule is C[C@@H](C(=O)Nc1ccc2c(c1)CCC2)N1CCN(S(=O)(=O)c2ccccc2)CC1. The van der Waals surface area contributed by atoms with Crippen molar-refractivity contribution >= 4 is 21.6 Å². The maximum Gasteiger partial charge on any atom is 0.243 e. The van der Waals surface area contributed by atoms with Crippen LogP contribution in [0.4, 0.5) is 5.69 Å². The summed E-state index contributed by atoms with van der Waals surface area (Å²) in [5, 5.41) is 3.02. The molecule has 0 spiro atoms. The van der Waals surface area contributed by atoms with Crippen molar-refractivity contribution in [3.63, 3.8) is 0 Å². The van der Waals surface area contributed by atoms with Crippen LogP contribution in [0.2, 0.25) is 0 Å². The van der Waals surface area contributed by atoms with E-state index in [4.69, 9.17) is 0 Å². The minimum atomic E-state index is -3.48. The Morgan fingerprint density at radius 3 is 2.38 bits per heavy atom. The van der Waals surface area contributed by atoms with Crippen LogP contribution in [0.25, 0.3) is 0 Å². The van der Waals surface area contributed by atoms with Gasteiger partial charge in [0.05, 0.1) is 10.9 Å². The molecular formula is C22H27N3O3S. The van der Waals surface area contributed by atoms with Crippen LogP contribution in [0.3, 0.4) is 0 Å². The first-order valence-electron chi connectivity index (χ1n) is 10.2. The summed E-state index contributed by atoms with van der Waals surface area (Å²) in [6, 6.07) is 14.3. The molecule has 1 atom stereocenters. The van der Waals surface area contributed by atoms with Gasteiger partial charge in [-0.15, -0.1) is 0 Å². The lowest BCUT2D eigenvalue weighted by Crippen LogP contribution is -2.53. The molecular weight excluding hydrogens is 386 g/mol. The number of nitrogens with zero attached hydrogens (tertiary/aromatic N) is 2. The number of nitrogens with one attached hydrogen (secondary N) is 1. The van der Waals surface area contributed by atoms with Gasteiger partial charge in [0.2, 0.25) is 15.9 Å². The van der Waals surface area contributed by atoms with Crippen molar-refractivity contribution in [2.24, 2.45) is 0 Å². The molecule has 1 aliphatic heterocycles. The van der Waals surface area contributed by atoms with E-state index in [0.717, 1.165) is 18.5 Å². The van der Waals surface area contributed by atoms with E-state index in [0.29, 0.717) is 31.1 Å². The molecule has 6 nitrogen and oxygen atoms in total. The molecule has 2 aromatic carbocycles. The van der Waals surface area contributed by atoms with Gasteiger partial charge >= 0.3 is 0 Å². The van der Waals surface area contributed by atoms with Crippen molar-refractivity contribution in [3.05, 3.63) is 59.7 Å². The van der Waals surface area contributed by atoms with Crippen LogP contribution in [-0.2, 0) is 27.7 Å². The highest BCUT2D eigenvalue weighted by Gasteiger charge is 2.31. The maximum absolute atomic E-state index is 12.8. The summed E-state index contributed by atoms with van der Waals surface area (Å²) in [4.78, 5) is 15.1. The number of benzene rings is 2. The third kappa shape index (κ3) is 4.22. The summed E-state index contributed by atoms with van der Waals surface area (Å²) < 4.78 is 27.0. The highest BCUT2D eigenvalue weighted by Crippen LogP contribution is 2.25. The van der Waals surface area contributed by atoms with E-state index >= 15 is 0 Å². The van der Waals surface area contributed by atoms with Crippen molar-refractivity contribution in [3.8, 4) is 0 Å². The number of hydrogen-bond donors (Lipinski definition) is 1. The van der Waals surface area contributed by atoms with Crippen LogP contribution in [0.5, 0.6) is 0 Å². The van der Waals surface area contributed by atoms with Crippen molar-refractivity contribution in [2.75, 3.05) is 31.5 Å². The van der Waals surface area contributed by atoms with Crippen molar-refractivity contribution in [1.29, 1.82) is 0 Å². The number of amides is 1. The van der Waals surface area contributed by atoms with Crippen LogP contribution in [0, 0.1) is 0 Å². The van der Waals surface area contributed by atoms with Gasteiger partial charge in [-0.2, -0.15) is 4.31 Å². The molecule has 7 heteroatoms. The number of rotatable bonds is 5. The van der Waals surface area contributed by atoms with Crippen LogP contribution >= 0.6 is 0 Å². The molecule has 1 N–H and O–H groups in total. The Balaban J connectivity index is 1.35. The lowest BCUT2D eigenvalue weighted by Gasteiger charge is -2.36. The molecule has 154 valence electrons. The monoisotopic (exact) mass is 413 g/mol. The molecule has 1 aliphatic carbocycles. The Bertz CT molecular complexity index is 984. The molecule has 1 heterocycles. The van der Waals surface area contributed by atoms with Crippen LogP contribution in [-0.4, -0.2) is 55.8 Å². The van der Waals surface area contributed by atoms with Gasteiger partial charge in [-0.25, -0.2) is 8.42 Å². The zero-order chi connectivity index (χ0) is 20.4. The molecule has 0 saturated carbocycles. The van der Waals surface area contributed by atoms with E-state index < -0.39 is 10.0 Å². The normalized spacial score (nSPS) is 18.9. The predicted molar refractivity (Wildman–Crippen MR) is 113 cm³/mol. The fraction of sp³-hybridized carbons (Fsp3) is 0.409. The molecule has 0 radical (unpaired) electrons. The summed E-state index contributed by atoms with van der Waals surface area (Å²) >= 11 is 0. The van der Waals surface area contributed by atoms with Gasteiger partial charge in [-0.3, -0.25) is 9.69 Å². The number of sulfonamides is 1. The van der Waals surface area contributed by atoms with Crippen LogP contribution < -0.4 is 5.32 Å². The number of aryl methyl sites for hydroxylation is 2. The van der Waals surface area contributed by atoms with E-state index in [9.17, 15) is 13.2 Å². The zero-order valence-corrected chi connectivity index (χ0v) is 17.5. The van der Waals surface area contributed by atoms with Gasteiger partial charge in [-0.05, 0) is 61.6 Å². The minimum absolute atomic E-state index is 0.0534. The largest absolute Gasteiger partial charge is 0.325 e. The molecule has 0 unspecified atom stereocenters. The quantitative estimate of drug-likeness (QED) is 0.818. The number of fused-ring (bicyclic) bond motifs is 1. The Morgan fingerprint density at radius 1 is 0.966 bits per heavy atom. The Labute approximate surface area is 172 Å². The summed E-state index contributed by atoms with van der Waals surface area (Å²) in [7, 11) is -3.48. The van der Waals surface area contributed by atoms with Gasteiger partial charge in [0, 0.05) is 31.9 Å². The zero-order valence-electron chi connectivity index (χ0n) is 16.7. The van der Waals surface area contributed by atoms with E-state index in [1.807, 2.05) is 17.9 Å². The first-order valence-corrected chi connectivity index (χ1v) is 11.6. The average molecular weight is 414 g/mol. The number of hydrogen-bond acceptors (Lipinski definition) is 4. The van der Waals surface area contributed by atoms with Crippen LogP contribution in [0.1, 0.15) is 24.5 Å². The van der Waals surface area contributed by atoms with E-state index in [-0.39, 0.29) is 11.9 Å². The second kappa shape index (κ2) is 8.26. The van der Waals surface area contributed by atoms with Crippen LogP contribution in [0.15, 0.2) is 53.4 Å². The number of carbonyl (C=O) groups is 1. The molecule has 4 rings (SSSR count). The molecule has 1 fully saturated rings. The van der Waals surface area contributed by atoms with E-state index in [1.165, 1.54) is 21.9 Å². The number of anilines is 1. The smallest absolute Gasteiger partial charge is 0.243 e. The van der Waals surface area contributed by atoms with Crippen molar-refractivity contribution < 1.29 is 13.2 Å². The van der Waals surface area contributed by atoms with Gasteiger partial charge < -0.3 is 5.32 Å². The third-order valence-corrected chi connectivity index (χ3v) is 7.86. The first kappa shape index (κ1) is 20.1. The topological polar surface area (TPSA) is 69.7 Å². The number of carbonyl (C=O) groups excluding carboxylic acids is 1. The van der Waals surface area contributed by atoms with Gasteiger partial charge in [0.15, 0.2) is 0 Å². The molecule has 2 aliphatic rings. The third-order valence-electron chi connectivity index (χ3n) is 5.95. The summed E-state index contributed by atoms with van der Waals surface area (Å²) in [6.45, 7) is 3.71. The van der Waals surface area contributed by atoms with Gasteiger partial charge in [0.1, 0.15) is 0 Å². The highest BCUT2D eigenvalue weighted by molar-refractivity contribution is 7.89.